The van der Waals surface area contributed by atoms with Gasteiger partial charge in [-0.2, -0.15) is 5.26 Å². The highest BCUT2D eigenvalue weighted by molar-refractivity contribution is 6.06. The molecule has 0 saturated carbocycles. The molecule has 1 aromatic heterocycles. The number of nitrogens with one attached hydrogen (secondary N) is 3. The van der Waals surface area contributed by atoms with Gasteiger partial charge < -0.3 is 16.0 Å². The van der Waals surface area contributed by atoms with Crippen LogP contribution in [0.2, 0.25) is 0 Å². The highest BCUT2D eigenvalue weighted by Crippen LogP contribution is 2.26. The number of hydrogen-bond donors (Lipinski definition) is 3. The number of nitrogens with zero attached hydrogens (tertiary/aromatic N) is 3. The minimum absolute atomic E-state index is 0. The molecule has 0 radical (unpaired) electrons. The van der Waals surface area contributed by atoms with E-state index in [4.69, 9.17) is 5.41 Å². The molecular weight excluding hydrogens is 364 g/mol. The maximum Gasteiger partial charge on any atom is 0.255 e. The van der Waals surface area contributed by atoms with Crippen molar-refractivity contribution in [2.75, 3.05) is 10.6 Å². The molecule has 3 rings (SSSR count). The van der Waals surface area contributed by atoms with Crippen LogP contribution >= 0.6 is 0 Å². The highest BCUT2D eigenvalue weighted by Gasteiger charge is 2.18. The first kappa shape index (κ1) is 19.7. The monoisotopic (exact) mass is 386 g/mol. The lowest BCUT2D eigenvalue weighted by atomic mass is 9.92. The van der Waals surface area contributed by atoms with E-state index in [0.717, 1.165) is 5.56 Å². The summed E-state index contributed by atoms with van der Waals surface area (Å²) in [6, 6.07) is 14.2. The smallest absolute Gasteiger partial charge is 0.255 e. The van der Waals surface area contributed by atoms with Gasteiger partial charge >= 0.3 is 0 Å². The molecule has 0 spiro atoms. The van der Waals surface area contributed by atoms with Crippen LogP contribution in [-0.2, 0) is 0 Å². The van der Waals surface area contributed by atoms with Crippen molar-refractivity contribution in [3.8, 4) is 6.07 Å². The molecule has 1 amide bonds. The van der Waals surface area contributed by atoms with Gasteiger partial charge in [0.1, 0.15) is 12.1 Å². The third-order valence-corrected chi connectivity index (χ3v) is 4.36. The van der Waals surface area contributed by atoms with E-state index in [-0.39, 0.29) is 13.3 Å². The lowest BCUT2D eigenvalue weighted by Crippen LogP contribution is -2.16. The number of amides is 1. The number of carbonyl (C=O) groups excluding carboxylic acids is 1. The zero-order valence-corrected chi connectivity index (χ0v) is 16.1. The summed E-state index contributed by atoms with van der Waals surface area (Å²) in [6.07, 6.45) is 4.26. The number of benzene rings is 2. The van der Waals surface area contributed by atoms with Crippen LogP contribution in [0.5, 0.6) is 0 Å². The van der Waals surface area contributed by atoms with E-state index >= 15 is 0 Å². The Balaban J connectivity index is 0.00000320. The summed E-state index contributed by atoms with van der Waals surface area (Å²) in [7, 11) is 0. The number of aromatic nitrogens is 2. The number of rotatable bonds is 6. The van der Waals surface area contributed by atoms with Crippen LogP contribution < -0.4 is 10.6 Å². The molecule has 0 fully saturated rings. The molecule has 0 aliphatic carbocycles. The zero-order chi connectivity index (χ0) is 20.8. The summed E-state index contributed by atoms with van der Waals surface area (Å²) >= 11 is 0. The first-order chi connectivity index (χ1) is 14.0. The van der Waals surface area contributed by atoms with E-state index in [0.29, 0.717) is 33.9 Å². The molecule has 3 aromatic rings. The van der Waals surface area contributed by atoms with Crippen LogP contribution in [0.4, 0.5) is 17.2 Å². The lowest BCUT2D eigenvalue weighted by Gasteiger charge is -2.15. The summed E-state index contributed by atoms with van der Waals surface area (Å²) in [5.74, 6) is 0.318. The van der Waals surface area contributed by atoms with Gasteiger partial charge in [0, 0.05) is 30.7 Å². The van der Waals surface area contributed by atoms with Crippen molar-refractivity contribution in [1.82, 2.24) is 9.97 Å². The van der Waals surface area contributed by atoms with E-state index in [1.54, 1.807) is 48.7 Å². The topological polar surface area (TPSA) is 115 Å². The summed E-state index contributed by atoms with van der Waals surface area (Å²) in [5, 5.41) is 23.0. The van der Waals surface area contributed by atoms with Gasteiger partial charge in [-0.15, -0.1) is 0 Å². The van der Waals surface area contributed by atoms with Crippen LogP contribution in [0.25, 0.3) is 0 Å². The maximum absolute atomic E-state index is 12.9. The lowest BCUT2D eigenvalue weighted by molar-refractivity contribution is 0.102. The highest BCUT2D eigenvalue weighted by atomic mass is 16.1. The van der Waals surface area contributed by atoms with Crippen molar-refractivity contribution < 1.29 is 6.22 Å². The second-order valence-corrected chi connectivity index (χ2v) is 6.65. The summed E-state index contributed by atoms with van der Waals surface area (Å²) in [4.78, 5) is 20.9. The fraction of sp³-hybridized carbons (Fsp3) is 0.136. The van der Waals surface area contributed by atoms with Crippen molar-refractivity contribution in [3.63, 3.8) is 0 Å². The fourth-order valence-electron chi connectivity index (χ4n) is 3.05. The van der Waals surface area contributed by atoms with E-state index < -0.39 is 0 Å². The van der Waals surface area contributed by atoms with Gasteiger partial charge in [0.15, 0.2) is 0 Å². The number of nitriles is 1. The molecule has 2 aromatic carbocycles. The van der Waals surface area contributed by atoms with Crippen molar-refractivity contribution in [1.29, 1.82) is 10.7 Å². The van der Waals surface area contributed by atoms with Crippen LogP contribution in [0.1, 0.15) is 48.2 Å². The molecule has 0 aliphatic rings. The van der Waals surface area contributed by atoms with Gasteiger partial charge in [0.05, 0.1) is 17.3 Å². The number of carbonyl (C=O) groups is 1. The van der Waals surface area contributed by atoms with E-state index in [9.17, 15) is 10.1 Å². The SMILES string of the molecule is CC(C)c1c(C#N)cccc1C(=O)Nc1ccc(C=N)c(Nc2ccncn2)c1.[HH]. The molecule has 0 bridgehead atoms. The van der Waals surface area contributed by atoms with Crippen molar-refractivity contribution in [2.24, 2.45) is 0 Å². The van der Waals surface area contributed by atoms with Crippen molar-refractivity contribution in [2.45, 2.75) is 19.8 Å². The second-order valence-electron chi connectivity index (χ2n) is 6.65. The Morgan fingerprint density at radius 1 is 1.28 bits per heavy atom. The Hall–Kier alpha value is -4.05. The average Bonchev–Trinajstić information content (AvgIpc) is 2.74. The van der Waals surface area contributed by atoms with Gasteiger partial charge in [-0.1, -0.05) is 19.9 Å². The number of hydrogen-bond acceptors (Lipinski definition) is 6. The molecule has 0 unspecified atom stereocenters. The molecule has 7 nitrogen and oxygen atoms in total. The third kappa shape index (κ3) is 4.45. The first-order valence-electron chi connectivity index (χ1n) is 9.05. The molecule has 146 valence electrons. The largest absolute Gasteiger partial charge is 0.340 e. The van der Waals surface area contributed by atoms with Crippen molar-refractivity contribution >= 4 is 29.3 Å². The van der Waals surface area contributed by atoms with Gasteiger partial charge in [0.25, 0.3) is 5.91 Å². The molecule has 3 N–H and O–H groups in total. The van der Waals surface area contributed by atoms with Gasteiger partial charge in [-0.25, -0.2) is 9.97 Å². The standard InChI is InChI=1S/C22H20N6O.H2/c1-14(2)21-16(12-24)4-3-5-18(21)22(29)27-17-7-6-15(11-23)19(10-17)28-20-8-9-25-13-26-20;/h3-11,13-14,23H,1-2H3,(H,27,29)(H,25,26,28);1H. The maximum atomic E-state index is 12.9. The first-order valence-corrected chi connectivity index (χ1v) is 9.05. The van der Waals surface area contributed by atoms with Gasteiger partial charge in [-0.05, 0) is 47.9 Å². The number of anilines is 3. The Kier molecular flexibility index (Phi) is 5.95. The van der Waals surface area contributed by atoms with E-state index in [1.807, 2.05) is 13.8 Å². The third-order valence-electron chi connectivity index (χ3n) is 4.36. The van der Waals surface area contributed by atoms with Crippen LogP contribution in [0.15, 0.2) is 55.0 Å². The van der Waals surface area contributed by atoms with Gasteiger partial charge in [0.2, 0.25) is 0 Å². The van der Waals surface area contributed by atoms with Crippen LogP contribution in [0.3, 0.4) is 0 Å². The molecule has 7 heteroatoms. The summed E-state index contributed by atoms with van der Waals surface area (Å²) < 4.78 is 0. The van der Waals surface area contributed by atoms with E-state index in [2.05, 4.69) is 26.7 Å². The Labute approximate surface area is 170 Å². The minimum atomic E-state index is -0.290. The molecule has 0 atom stereocenters. The Morgan fingerprint density at radius 3 is 2.76 bits per heavy atom. The Morgan fingerprint density at radius 2 is 2.10 bits per heavy atom. The normalized spacial score (nSPS) is 10.3. The summed E-state index contributed by atoms with van der Waals surface area (Å²) in [6.45, 7) is 3.91. The minimum Gasteiger partial charge on any atom is -0.340 e. The predicted molar refractivity (Wildman–Crippen MR) is 115 cm³/mol. The Bertz CT molecular complexity index is 1090. The van der Waals surface area contributed by atoms with Crippen LogP contribution in [0, 0.1) is 16.7 Å². The van der Waals surface area contributed by atoms with Crippen LogP contribution in [-0.4, -0.2) is 22.1 Å². The second kappa shape index (κ2) is 8.76. The van der Waals surface area contributed by atoms with E-state index in [1.165, 1.54) is 12.5 Å². The zero-order valence-electron chi connectivity index (χ0n) is 16.1. The predicted octanol–water partition coefficient (Wildman–Crippen LogP) is 4.71. The summed E-state index contributed by atoms with van der Waals surface area (Å²) in [5.41, 5.74) is 3.54. The van der Waals surface area contributed by atoms with Crippen molar-refractivity contribution in [3.05, 3.63) is 77.2 Å². The fourth-order valence-corrected chi connectivity index (χ4v) is 3.05. The molecule has 1 heterocycles. The molecule has 29 heavy (non-hydrogen) atoms. The average molecular weight is 386 g/mol. The quantitative estimate of drug-likeness (QED) is 0.531. The molecular formula is C22H22N6O. The molecule has 0 aliphatic heterocycles. The molecule has 0 saturated heterocycles. The van der Waals surface area contributed by atoms with Gasteiger partial charge in [-0.3, -0.25) is 4.79 Å².